The van der Waals surface area contributed by atoms with Gasteiger partial charge in [-0.25, -0.2) is 4.39 Å². The normalized spacial score (nSPS) is 12.4. The lowest BCUT2D eigenvalue weighted by Crippen LogP contribution is -2.19. The maximum absolute atomic E-state index is 13.4. The van der Waals surface area contributed by atoms with Crippen LogP contribution in [-0.4, -0.2) is 6.54 Å². The van der Waals surface area contributed by atoms with Crippen LogP contribution >= 0.6 is 31.9 Å². The molecule has 0 bridgehead atoms. The Morgan fingerprint density at radius 3 is 2.45 bits per heavy atom. The molecular formula is C16H16Br2FN. The Morgan fingerprint density at radius 2 is 1.80 bits per heavy atom. The standard InChI is InChI=1S/C16H16Br2FN/c17-14-7-11(8-15(19)9-14)5-12(10-20)6-13-3-1-2-4-16(13)18/h1-4,7-9,12H,5-6,10,20H2. The molecule has 0 saturated carbocycles. The Balaban J connectivity index is 2.11. The molecule has 0 fully saturated rings. The lowest BCUT2D eigenvalue weighted by atomic mass is 9.92. The molecule has 0 aliphatic heterocycles. The van der Waals surface area contributed by atoms with Gasteiger partial charge in [-0.05, 0) is 60.7 Å². The zero-order valence-electron chi connectivity index (χ0n) is 11.0. The molecule has 4 heteroatoms. The van der Waals surface area contributed by atoms with E-state index in [0.29, 0.717) is 12.5 Å². The Kier molecular flexibility index (Phi) is 5.75. The van der Waals surface area contributed by atoms with Crippen molar-refractivity contribution in [2.75, 3.05) is 6.54 Å². The largest absolute Gasteiger partial charge is 0.330 e. The average Bonchev–Trinajstić information content (AvgIpc) is 2.39. The topological polar surface area (TPSA) is 26.0 Å². The van der Waals surface area contributed by atoms with Gasteiger partial charge in [-0.1, -0.05) is 50.1 Å². The van der Waals surface area contributed by atoms with Crippen LogP contribution in [0.15, 0.2) is 51.4 Å². The molecule has 2 aromatic carbocycles. The second-order valence-electron chi connectivity index (χ2n) is 4.88. The van der Waals surface area contributed by atoms with Crippen molar-refractivity contribution in [3.8, 4) is 0 Å². The highest BCUT2D eigenvalue weighted by Crippen LogP contribution is 2.23. The smallest absolute Gasteiger partial charge is 0.124 e. The highest BCUT2D eigenvalue weighted by atomic mass is 79.9. The lowest BCUT2D eigenvalue weighted by Gasteiger charge is -2.16. The van der Waals surface area contributed by atoms with Gasteiger partial charge in [-0.2, -0.15) is 0 Å². The summed E-state index contributed by atoms with van der Waals surface area (Å²) in [6.07, 6.45) is 1.65. The maximum atomic E-state index is 13.4. The van der Waals surface area contributed by atoms with Gasteiger partial charge >= 0.3 is 0 Å². The third-order valence-electron chi connectivity index (χ3n) is 3.25. The van der Waals surface area contributed by atoms with Crippen LogP contribution in [0.1, 0.15) is 11.1 Å². The van der Waals surface area contributed by atoms with E-state index in [0.717, 1.165) is 27.4 Å². The molecule has 1 atom stereocenters. The molecule has 0 aromatic heterocycles. The van der Waals surface area contributed by atoms with E-state index in [1.54, 1.807) is 6.07 Å². The quantitative estimate of drug-likeness (QED) is 0.772. The third-order valence-corrected chi connectivity index (χ3v) is 4.48. The van der Waals surface area contributed by atoms with Gasteiger partial charge in [-0.15, -0.1) is 0 Å². The van der Waals surface area contributed by atoms with Gasteiger partial charge in [0.1, 0.15) is 5.82 Å². The lowest BCUT2D eigenvalue weighted by molar-refractivity contribution is 0.529. The third kappa shape index (κ3) is 4.40. The van der Waals surface area contributed by atoms with Crippen molar-refractivity contribution in [2.45, 2.75) is 12.8 Å². The number of halogens is 3. The summed E-state index contributed by atoms with van der Waals surface area (Å²) in [5, 5.41) is 0. The summed E-state index contributed by atoms with van der Waals surface area (Å²) < 4.78 is 15.3. The van der Waals surface area contributed by atoms with Crippen molar-refractivity contribution < 1.29 is 4.39 Å². The molecule has 20 heavy (non-hydrogen) atoms. The molecule has 0 aliphatic carbocycles. The summed E-state index contributed by atoms with van der Waals surface area (Å²) in [6.45, 7) is 0.579. The predicted octanol–water partition coefficient (Wildman–Crippen LogP) is 4.71. The molecule has 2 N–H and O–H groups in total. The van der Waals surface area contributed by atoms with Gasteiger partial charge in [-0.3, -0.25) is 0 Å². The van der Waals surface area contributed by atoms with E-state index in [1.165, 1.54) is 11.6 Å². The van der Waals surface area contributed by atoms with Gasteiger partial charge < -0.3 is 5.73 Å². The highest BCUT2D eigenvalue weighted by Gasteiger charge is 2.12. The number of benzene rings is 2. The average molecular weight is 401 g/mol. The molecule has 0 spiro atoms. The molecule has 0 heterocycles. The van der Waals surface area contributed by atoms with Gasteiger partial charge in [0, 0.05) is 8.95 Å². The molecule has 0 aliphatic rings. The first-order valence-corrected chi connectivity index (χ1v) is 8.05. The highest BCUT2D eigenvalue weighted by molar-refractivity contribution is 9.10. The van der Waals surface area contributed by atoms with Crippen molar-refractivity contribution in [3.63, 3.8) is 0 Å². The first-order valence-electron chi connectivity index (χ1n) is 6.47. The molecule has 0 radical (unpaired) electrons. The molecular weight excluding hydrogens is 385 g/mol. The van der Waals surface area contributed by atoms with E-state index in [9.17, 15) is 4.39 Å². The second-order valence-corrected chi connectivity index (χ2v) is 6.65. The van der Waals surface area contributed by atoms with E-state index in [2.05, 4.69) is 37.9 Å². The van der Waals surface area contributed by atoms with E-state index < -0.39 is 0 Å². The fourth-order valence-corrected chi connectivity index (χ4v) is 3.24. The number of rotatable bonds is 5. The first kappa shape index (κ1) is 15.7. The van der Waals surface area contributed by atoms with E-state index in [-0.39, 0.29) is 5.82 Å². The Hall–Kier alpha value is -0.710. The van der Waals surface area contributed by atoms with Crippen LogP contribution in [0.25, 0.3) is 0 Å². The van der Waals surface area contributed by atoms with E-state index in [1.807, 2.05) is 24.3 Å². The summed E-state index contributed by atoms with van der Waals surface area (Å²) in [5.74, 6) is 0.0773. The fraction of sp³-hybridized carbons (Fsp3) is 0.250. The second kappa shape index (κ2) is 7.34. The Morgan fingerprint density at radius 1 is 1.05 bits per heavy atom. The van der Waals surface area contributed by atoms with Crippen LogP contribution in [0.4, 0.5) is 4.39 Å². The zero-order valence-corrected chi connectivity index (χ0v) is 14.1. The Bertz CT molecular complexity index is 566. The van der Waals surface area contributed by atoms with Crippen LogP contribution in [0.3, 0.4) is 0 Å². The molecule has 1 nitrogen and oxygen atoms in total. The minimum Gasteiger partial charge on any atom is -0.330 e. The molecule has 0 amide bonds. The number of hydrogen-bond acceptors (Lipinski definition) is 1. The molecule has 2 rings (SSSR count). The van der Waals surface area contributed by atoms with Crippen LogP contribution in [-0.2, 0) is 12.8 Å². The van der Waals surface area contributed by atoms with Gasteiger partial charge in [0.05, 0.1) is 0 Å². The molecule has 106 valence electrons. The van der Waals surface area contributed by atoms with Gasteiger partial charge in [0.15, 0.2) is 0 Å². The molecule has 0 saturated heterocycles. The fourth-order valence-electron chi connectivity index (χ4n) is 2.28. The summed E-state index contributed by atoms with van der Waals surface area (Å²) in [4.78, 5) is 0. The van der Waals surface area contributed by atoms with Gasteiger partial charge in [0.25, 0.3) is 0 Å². The number of hydrogen-bond donors (Lipinski definition) is 1. The van der Waals surface area contributed by atoms with Crippen molar-refractivity contribution in [1.29, 1.82) is 0 Å². The van der Waals surface area contributed by atoms with Crippen LogP contribution < -0.4 is 5.73 Å². The maximum Gasteiger partial charge on any atom is 0.124 e. The van der Waals surface area contributed by atoms with Crippen LogP contribution in [0.2, 0.25) is 0 Å². The van der Waals surface area contributed by atoms with Gasteiger partial charge in [0.2, 0.25) is 0 Å². The zero-order chi connectivity index (χ0) is 14.5. The Labute approximate surface area is 135 Å². The van der Waals surface area contributed by atoms with E-state index in [4.69, 9.17) is 5.73 Å². The summed E-state index contributed by atoms with van der Waals surface area (Å²) in [7, 11) is 0. The van der Waals surface area contributed by atoms with Crippen molar-refractivity contribution in [3.05, 3.63) is 68.4 Å². The molecule has 1 unspecified atom stereocenters. The van der Waals surface area contributed by atoms with Crippen molar-refractivity contribution in [1.82, 2.24) is 0 Å². The minimum atomic E-state index is -0.217. The summed E-state index contributed by atoms with van der Waals surface area (Å²) in [6, 6.07) is 13.1. The summed E-state index contributed by atoms with van der Waals surface area (Å²) in [5.41, 5.74) is 8.08. The van der Waals surface area contributed by atoms with Crippen molar-refractivity contribution in [2.24, 2.45) is 11.7 Å². The monoisotopic (exact) mass is 399 g/mol. The SMILES string of the molecule is NCC(Cc1cc(F)cc(Br)c1)Cc1ccccc1Br. The summed E-state index contributed by atoms with van der Waals surface area (Å²) >= 11 is 6.88. The number of nitrogens with two attached hydrogens (primary N) is 1. The van der Waals surface area contributed by atoms with Crippen LogP contribution in [0.5, 0.6) is 0 Å². The minimum absolute atomic E-state index is 0.217. The molecule has 2 aromatic rings. The predicted molar refractivity (Wildman–Crippen MR) is 88.2 cm³/mol. The van der Waals surface area contributed by atoms with Crippen LogP contribution in [0, 0.1) is 11.7 Å². The van der Waals surface area contributed by atoms with E-state index >= 15 is 0 Å². The first-order chi connectivity index (χ1) is 9.58. The van der Waals surface area contributed by atoms with Crippen molar-refractivity contribution >= 4 is 31.9 Å².